The first-order valence-electron chi connectivity index (χ1n) is 9.49. The highest BCUT2D eigenvalue weighted by molar-refractivity contribution is 7.18. The summed E-state index contributed by atoms with van der Waals surface area (Å²) in [6.45, 7) is 3.95. The molecule has 6 heteroatoms. The first kappa shape index (κ1) is 18.6. The van der Waals surface area contributed by atoms with Gasteiger partial charge in [-0.15, -0.1) is 11.3 Å². The van der Waals surface area contributed by atoms with Gasteiger partial charge in [0.2, 0.25) is 0 Å². The van der Waals surface area contributed by atoms with E-state index < -0.39 is 12.1 Å². The monoisotopic (exact) mass is 394 g/mol. The van der Waals surface area contributed by atoms with Gasteiger partial charge in [-0.2, -0.15) is 0 Å². The van der Waals surface area contributed by atoms with Gasteiger partial charge < -0.3 is 9.72 Å². The van der Waals surface area contributed by atoms with Crippen LogP contribution < -0.4 is 5.56 Å². The Hall–Kier alpha value is -2.73. The molecule has 144 valence electrons. The molecule has 1 aliphatic carbocycles. The minimum absolute atomic E-state index is 0.144. The number of thiophene rings is 1. The standard InChI is InChI=1S/C22H22N2O3S/c1-13-8-10-16-17(12-13)28-22-19(16)21(26)23-20(24-22)14(2)27-18(25)11-9-15-6-4-3-5-7-15/h3-7,9,11,13-14H,8,10,12H2,1-2H3,(H,23,24,26)/b11-9+/t13-,14+/m0/s1. The normalized spacial score (nSPS) is 17.6. The van der Waals surface area contributed by atoms with Crippen LogP contribution in [-0.2, 0) is 22.4 Å². The van der Waals surface area contributed by atoms with Crippen LogP contribution in [0, 0.1) is 5.92 Å². The van der Waals surface area contributed by atoms with Crippen LogP contribution in [-0.4, -0.2) is 15.9 Å². The Labute approximate surface area is 167 Å². The van der Waals surface area contributed by atoms with E-state index in [4.69, 9.17) is 4.74 Å². The number of nitrogens with zero attached hydrogens (tertiary/aromatic N) is 1. The summed E-state index contributed by atoms with van der Waals surface area (Å²) in [7, 11) is 0. The topological polar surface area (TPSA) is 72.0 Å². The molecule has 1 aliphatic rings. The molecule has 1 N–H and O–H groups in total. The van der Waals surface area contributed by atoms with Gasteiger partial charge in [0, 0.05) is 11.0 Å². The number of carbonyl (C=O) groups is 1. The van der Waals surface area contributed by atoms with Crippen molar-refractivity contribution in [1.82, 2.24) is 9.97 Å². The number of fused-ring (bicyclic) bond motifs is 3. The highest BCUT2D eigenvalue weighted by Crippen LogP contribution is 2.35. The fourth-order valence-corrected chi connectivity index (χ4v) is 4.95. The van der Waals surface area contributed by atoms with Crippen molar-refractivity contribution < 1.29 is 9.53 Å². The number of aromatic amines is 1. The van der Waals surface area contributed by atoms with Crippen molar-refractivity contribution in [2.75, 3.05) is 0 Å². The minimum atomic E-state index is -0.636. The number of ether oxygens (including phenoxy) is 1. The van der Waals surface area contributed by atoms with E-state index in [9.17, 15) is 9.59 Å². The van der Waals surface area contributed by atoms with Gasteiger partial charge in [0.25, 0.3) is 5.56 Å². The summed E-state index contributed by atoms with van der Waals surface area (Å²) in [5, 5.41) is 0.707. The van der Waals surface area contributed by atoms with Crippen molar-refractivity contribution in [3.8, 4) is 0 Å². The lowest BCUT2D eigenvalue weighted by Gasteiger charge is -2.17. The second kappa shape index (κ2) is 7.72. The molecular formula is C22H22N2O3S. The Morgan fingerprint density at radius 1 is 1.36 bits per heavy atom. The first-order chi connectivity index (χ1) is 13.5. The van der Waals surface area contributed by atoms with E-state index in [0.717, 1.165) is 35.2 Å². The van der Waals surface area contributed by atoms with Crippen LogP contribution in [0.25, 0.3) is 16.3 Å². The third kappa shape index (κ3) is 3.78. The van der Waals surface area contributed by atoms with Gasteiger partial charge in [0.15, 0.2) is 11.9 Å². The Balaban J connectivity index is 1.54. The summed E-state index contributed by atoms with van der Waals surface area (Å²) >= 11 is 1.59. The largest absolute Gasteiger partial charge is 0.451 e. The molecule has 4 rings (SSSR count). The second-order valence-electron chi connectivity index (χ2n) is 7.31. The maximum Gasteiger partial charge on any atom is 0.331 e. The summed E-state index contributed by atoms with van der Waals surface area (Å²) < 4.78 is 5.43. The molecule has 0 aliphatic heterocycles. The number of nitrogens with one attached hydrogen (secondary N) is 1. The quantitative estimate of drug-likeness (QED) is 0.525. The number of esters is 1. The predicted molar refractivity (Wildman–Crippen MR) is 111 cm³/mol. The van der Waals surface area contributed by atoms with Crippen molar-refractivity contribution in [2.24, 2.45) is 5.92 Å². The zero-order valence-electron chi connectivity index (χ0n) is 15.9. The van der Waals surface area contributed by atoms with Gasteiger partial charge >= 0.3 is 5.97 Å². The van der Waals surface area contributed by atoms with Crippen LogP contribution >= 0.6 is 11.3 Å². The summed E-state index contributed by atoms with van der Waals surface area (Å²) in [6.07, 6.45) is 5.47. The maximum atomic E-state index is 12.7. The summed E-state index contributed by atoms with van der Waals surface area (Å²) in [6, 6.07) is 9.52. The van der Waals surface area contributed by atoms with Gasteiger partial charge in [-0.3, -0.25) is 4.79 Å². The lowest BCUT2D eigenvalue weighted by molar-refractivity contribution is -0.142. The third-order valence-electron chi connectivity index (χ3n) is 5.07. The van der Waals surface area contributed by atoms with Gasteiger partial charge in [0.05, 0.1) is 5.39 Å². The minimum Gasteiger partial charge on any atom is -0.451 e. The van der Waals surface area contributed by atoms with Gasteiger partial charge in [0.1, 0.15) is 4.83 Å². The molecule has 5 nitrogen and oxygen atoms in total. The molecule has 1 aromatic carbocycles. The van der Waals surface area contributed by atoms with E-state index in [1.807, 2.05) is 30.3 Å². The lowest BCUT2D eigenvalue weighted by atomic mass is 9.89. The van der Waals surface area contributed by atoms with Crippen LogP contribution in [0.2, 0.25) is 0 Å². The number of hydrogen-bond donors (Lipinski definition) is 1. The van der Waals surface area contributed by atoms with E-state index in [0.29, 0.717) is 17.1 Å². The number of rotatable bonds is 4. The molecule has 0 saturated carbocycles. The van der Waals surface area contributed by atoms with Crippen molar-refractivity contribution >= 4 is 33.6 Å². The van der Waals surface area contributed by atoms with Gasteiger partial charge in [-0.1, -0.05) is 37.3 Å². The van der Waals surface area contributed by atoms with E-state index in [2.05, 4.69) is 16.9 Å². The van der Waals surface area contributed by atoms with E-state index >= 15 is 0 Å². The lowest BCUT2D eigenvalue weighted by Crippen LogP contribution is -2.17. The Morgan fingerprint density at radius 2 is 2.14 bits per heavy atom. The number of aromatic nitrogens is 2. The molecule has 0 bridgehead atoms. The van der Waals surface area contributed by atoms with E-state index in [1.165, 1.54) is 11.0 Å². The number of aryl methyl sites for hydroxylation is 1. The highest BCUT2D eigenvalue weighted by Gasteiger charge is 2.24. The average Bonchev–Trinajstić information content (AvgIpc) is 3.05. The molecule has 3 aromatic rings. The smallest absolute Gasteiger partial charge is 0.331 e. The number of carbonyl (C=O) groups excluding carboxylic acids is 1. The van der Waals surface area contributed by atoms with E-state index in [1.54, 1.807) is 24.3 Å². The molecule has 0 unspecified atom stereocenters. The molecule has 0 fully saturated rings. The average molecular weight is 394 g/mol. The number of H-pyrrole nitrogens is 1. The molecule has 2 heterocycles. The Bertz CT molecular complexity index is 1100. The fourth-order valence-electron chi connectivity index (χ4n) is 3.56. The van der Waals surface area contributed by atoms with Crippen molar-refractivity contribution in [1.29, 1.82) is 0 Å². The molecule has 2 atom stereocenters. The van der Waals surface area contributed by atoms with Gasteiger partial charge in [-0.05, 0) is 49.3 Å². The molecule has 0 amide bonds. The fraction of sp³-hybridized carbons (Fsp3) is 0.318. The summed E-state index contributed by atoms with van der Waals surface area (Å²) in [4.78, 5) is 34.2. The zero-order chi connectivity index (χ0) is 19.7. The Kier molecular flexibility index (Phi) is 5.13. The van der Waals surface area contributed by atoms with E-state index in [-0.39, 0.29) is 5.56 Å². The highest BCUT2D eigenvalue weighted by atomic mass is 32.1. The second-order valence-corrected chi connectivity index (χ2v) is 8.39. The molecule has 0 spiro atoms. The SMILES string of the molecule is C[C@H]1CCc2c(sc3nc([C@@H](C)OC(=O)/C=C/c4ccccc4)[nH]c(=O)c23)C1. The van der Waals surface area contributed by atoms with Crippen molar-refractivity contribution in [3.63, 3.8) is 0 Å². The van der Waals surface area contributed by atoms with Crippen LogP contribution in [0.1, 0.15) is 48.2 Å². The number of hydrogen-bond acceptors (Lipinski definition) is 5. The maximum absolute atomic E-state index is 12.7. The summed E-state index contributed by atoms with van der Waals surface area (Å²) in [5.74, 6) is 0.541. The molecule has 0 saturated heterocycles. The van der Waals surface area contributed by atoms with Gasteiger partial charge in [-0.25, -0.2) is 9.78 Å². The van der Waals surface area contributed by atoms with Crippen molar-refractivity contribution in [2.45, 2.75) is 39.2 Å². The molecule has 28 heavy (non-hydrogen) atoms. The molecule has 2 aromatic heterocycles. The zero-order valence-corrected chi connectivity index (χ0v) is 16.7. The third-order valence-corrected chi connectivity index (χ3v) is 6.22. The van der Waals surface area contributed by atoms with Crippen LogP contribution in [0.4, 0.5) is 0 Å². The van der Waals surface area contributed by atoms with Crippen LogP contribution in [0.5, 0.6) is 0 Å². The molecular weight excluding hydrogens is 372 g/mol. The number of benzene rings is 1. The van der Waals surface area contributed by atoms with Crippen molar-refractivity contribution in [3.05, 3.63) is 68.6 Å². The van der Waals surface area contributed by atoms with Crippen LogP contribution in [0.15, 0.2) is 41.2 Å². The summed E-state index contributed by atoms with van der Waals surface area (Å²) in [5.41, 5.74) is 1.92. The Morgan fingerprint density at radius 3 is 2.93 bits per heavy atom. The molecule has 0 radical (unpaired) electrons. The predicted octanol–water partition coefficient (Wildman–Crippen LogP) is 4.43. The first-order valence-corrected chi connectivity index (χ1v) is 10.3. The van der Waals surface area contributed by atoms with Crippen LogP contribution in [0.3, 0.4) is 0 Å².